The summed E-state index contributed by atoms with van der Waals surface area (Å²) in [5, 5.41) is 3.21. The first-order valence-electron chi connectivity index (χ1n) is 6.13. The molecular weight excluding hydrogens is 198 g/mol. The van der Waals surface area contributed by atoms with Gasteiger partial charge < -0.3 is 5.32 Å². The molecule has 1 atom stereocenters. The van der Waals surface area contributed by atoms with E-state index in [9.17, 15) is 0 Å². The van der Waals surface area contributed by atoms with Crippen molar-refractivity contribution in [3.8, 4) is 0 Å². The minimum Gasteiger partial charge on any atom is -0.319 e. The summed E-state index contributed by atoms with van der Waals surface area (Å²) < 4.78 is 0. The lowest BCUT2D eigenvalue weighted by atomic mass is 9.98. The van der Waals surface area contributed by atoms with E-state index in [2.05, 4.69) is 36.1 Å². The van der Waals surface area contributed by atoms with Crippen LogP contribution in [0, 0.1) is 13.8 Å². The minimum atomic E-state index is 0.484. The topological polar surface area (TPSA) is 37.8 Å². The number of nitrogens with one attached hydrogen (secondary N) is 1. The van der Waals surface area contributed by atoms with Crippen molar-refractivity contribution in [3.05, 3.63) is 22.8 Å². The molecule has 1 unspecified atom stereocenters. The summed E-state index contributed by atoms with van der Waals surface area (Å²) >= 11 is 0. The van der Waals surface area contributed by atoms with Crippen molar-refractivity contribution in [2.75, 3.05) is 13.6 Å². The van der Waals surface area contributed by atoms with Crippen molar-refractivity contribution in [2.24, 2.45) is 0 Å². The quantitative estimate of drug-likeness (QED) is 0.844. The lowest BCUT2D eigenvalue weighted by molar-refractivity contribution is 0.658. The molecule has 0 spiro atoms. The fourth-order valence-corrected chi connectivity index (χ4v) is 2.40. The molecule has 1 aromatic rings. The molecule has 0 bridgehead atoms. The minimum absolute atomic E-state index is 0.484. The van der Waals surface area contributed by atoms with Crippen LogP contribution in [0.3, 0.4) is 0 Å². The van der Waals surface area contributed by atoms with E-state index >= 15 is 0 Å². The molecule has 1 N–H and O–H groups in total. The Hall–Kier alpha value is -0.960. The monoisotopic (exact) mass is 219 g/mol. The van der Waals surface area contributed by atoms with Gasteiger partial charge in [-0.3, -0.25) is 0 Å². The number of likely N-dealkylation sites (N-methyl/N-ethyl adjacent to an activating group) is 1. The number of aromatic nitrogens is 2. The molecule has 1 aromatic heterocycles. The average molecular weight is 219 g/mol. The molecule has 0 saturated heterocycles. The molecule has 16 heavy (non-hydrogen) atoms. The zero-order valence-corrected chi connectivity index (χ0v) is 10.7. The van der Waals surface area contributed by atoms with Gasteiger partial charge in [-0.2, -0.15) is 0 Å². The highest BCUT2D eigenvalue weighted by molar-refractivity contribution is 5.29. The SMILES string of the molecule is CNCC(C)c1c(C)nc(C2CC2)nc1C. The Morgan fingerprint density at radius 2 is 1.81 bits per heavy atom. The summed E-state index contributed by atoms with van der Waals surface area (Å²) in [5.41, 5.74) is 3.65. The van der Waals surface area contributed by atoms with Gasteiger partial charge in [0.05, 0.1) is 0 Å². The van der Waals surface area contributed by atoms with Gasteiger partial charge in [0.2, 0.25) is 0 Å². The largest absolute Gasteiger partial charge is 0.319 e. The van der Waals surface area contributed by atoms with Crippen LogP contribution < -0.4 is 5.32 Å². The fraction of sp³-hybridized carbons (Fsp3) is 0.692. The van der Waals surface area contributed by atoms with Crippen molar-refractivity contribution >= 4 is 0 Å². The third-order valence-corrected chi connectivity index (χ3v) is 3.29. The summed E-state index contributed by atoms with van der Waals surface area (Å²) in [7, 11) is 1.99. The van der Waals surface area contributed by atoms with E-state index in [1.54, 1.807) is 0 Å². The van der Waals surface area contributed by atoms with Gasteiger partial charge in [0.25, 0.3) is 0 Å². The molecule has 1 saturated carbocycles. The van der Waals surface area contributed by atoms with Gasteiger partial charge in [0, 0.05) is 23.9 Å². The van der Waals surface area contributed by atoms with Gasteiger partial charge in [0.1, 0.15) is 5.82 Å². The fourth-order valence-electron chi connectivity index (χ4n) is 2.40. The second kappa shape index (κ2) is 4.50. The van der Waals surface area contributed by atoms with Crippen LogP contribution in [0.5, 0.6) is 0 Å². The van der Waals surface area contributed by atoms with Crippen molar-refractivity contribution < 1.29 is 0 Å². The zero-order chi connectivity index (χ0) is 11.7. The van der Waals surface area contributed by atoms with Crippen LogP contribution in [0.4, 0.5) is 0 Å². The molecule has 1 heterocycles. The molecule has 0 radical (unpaired) electrons. The van der Waals surface area contributed by atoms with Gasteiger partial charge in [-0.05, 0) is 45.2 Å². The van der Waals surface area contributed by atoms with Crippen LogP contribution in [0.15, 0.2) is 0 Å². The van der Waals surface area contributed by atoms with E-state index in [0.29, 0.717) is 11.8 Å². The molecule has 0 amide bonds. The Labute approximate surface area is 97.7 Å². The Morgan fingerprint density at radius 1 is 1.25 bits per heavy atom. The molecule has 88 valence electrons. The van der Waals surface area contributed by atoms with E-state index in [0.717, 1.165) is 23.8 Å². The second-order valence-electron chi connectivity index (χ2n) is 4.90. The number of hydrogen-bond donors (Lipinski definition) is 1. The van der Waals surface area contributed by atoms with Crippen LogP contribution in [0.25, 0.3) is 0 Å². The van der Waals surface area contributed by atoms with Crippen LogP contribution in [0.1, 0.15) is 54.4 Å². The highest BCUT2D eigenvalue weighted by Crippen LogP contribution is 2.38. The van der Waals surface area contributed by atoms with Crippen molar-refractivity contribution in [1.29, 1.82) is 0 Å². The number of aryl methyl sites for hydroxylation is 2. The van der Waals surface area contributed by atoms with Crippen LogP contribution in [-0.2, 0) is 0 Å². The van der Waals surface area contributed by atoms with E-state index in [1.165, 1.54) is 18.4 Å². The summed E-state index contributed by atoms with van der Waals surface area (Å²) in [6, 6.07) is 0. The maximum atomic E-state index is 4.66. The third-order valence-electron chi connectivity index (χ3n) is 3.29. The summed E-state index contributed by atoms with van der Waals surface area (Å²) in [5.74, 6) is 2.19. The van der Waals surface area contributed by atoms with Gasteiger partial charge in [-0.25, -0.2) is 9.97 Å². The molecule has 1 fully saturated rings. The number of hydrogen-bond acceptors (Lipinski definition) is 3. The Kier molecular flexibility index (Phi) is 3.24. The van der Waals surface area contributed by atoms with Gasteiger partial charge in [0.15, 0.2) is 0 Å². The first-order chi connectivity index (χ1) is 7.63. The molecule has 0 aliphatic heterocycles. The van der Waals surface area contributed by atoms with Gasteiger partial charge in [-0.15, -0.1) is 0 Å². The Morgan fingerprint density at radius 3 is 2.25 bits per heavy atom. The standard InChI is InChI=1S/C13H21N3/c1-8(7-14-4)12-9(2)15-13(11-5-6-11)16-10(12)3/h8,11,14H,5-7H2,1-4H3. The number of nitrogens with zero attached hydrogens (tertiary/aromatic N) is 2. The second-order valence-corrected chi connectivity index (χ2v) is 4.90. The lowest BCUT2D eigenvalue weighted by Gasteiger charge is -2.16. The molecule has 3 heteroatoms. The van der Waals surface area contributed by atoms with E-state index in [-0.39, 0.29) is 0 Å². The molecule has 1 aliphatic carbocycles. The normalized spacial score (nSPS) is 17.5. The zero-order valence-electron chi connectivity index (χ0n) is 10.7. The highest BCUT2D eigenvalue weighted by atomic mass is 14.9. The van der Waals surface area contributed by atoms with Crippen LogP contribution >= 0.6 is 0 Å². The Balaban J connectivity index is 2.30. The first kappa shape index (κ1) is 11.5. The van der Waals surface area contributed by atoms with Crippen LogP contribution in [-0.4, -0.2) is 23.6 Å². The van der Waals surface area contributed by atoms with E-state index in [4.69, 9.17) is 0 Å². The average Bonchev–Trinajstić information content (AvgIpc) is 2.99. The Bertz CT molecular complexity index is 360. The molecule has 0 aromatic carbocycles. The van der Waals surface area contributed by atoms with Crippen LogP contribution in [0.2, 0.25) is 0 Å². The molecule has 1 aliphatic rings. The molecule has 3 nitrogen and oxygen atoms in total. The van der Waals surface area contributed by atoms with Crippen molar-refractivity contribution in [2.45, 2.75) is 45.4 Å². The maximum absolute atomic E-state index is 4.66. The van der Waals surface area contributed by atoms with Gasteiger partial charge in [-0.1, -0.05) is 6.92 Å². The summed E-state index contributed by atoms with van der Waals surface area (Å²) in [6.45, 7) is 7.43. The summed E-state index contributed by atoms with van der Waals surface area (Å²) in [4.78, 5) is 9.32. The predicted molar refractivity (Wildman–Crippen MR) is 65.8 cm³/mol. The highest BCUT2D eigenvalue weighted by Gasteiger charge is 2.28. The maximum Gasteiger partial charge on any atom is 0.131 e. The van der Waals surface area contributed by atoms with E-state index < -0.39 is 0 Å². The number of rotatable bonds is 4. The van der Waals surface area contributed by atoms with Crippen molar-refractivity contribution in [1.82, 2.24) is 15.3 Å². The van der Waals surface area contributed by atoms with E-state index in [1.807, 2.05) is 7.05 Å². The van der Waals surface area contributed by atoms with Crippen molar-refractivity contribution in [3.63, 3.8) is 0 Å². The summed E-state index contributed by atoms with van der Waals surface area (Å²) in [6.07, 6.45) is 2.54. The lowest BCUT2D eigenvalue weighted by Crippen LogP contribution is -2.18. The van der Waals surface area contributed by atoms with Gasteiger partial charge >= 0.3 is 0 Å². The first-order valence-corrected chi connectivity index (χ1v) is 6.13. The molecule has 2 rings (SSSR count). The third kappa shape index (κ3) is 2.24. The molecular formula is C13H21N3. The smallest absolute Gasteiger partial charge is 0.131 e. The predicted octanol–water partition coefficient (Wildman–Crippen LogP) is 2.29.